The van der Waals surface area contributed by atoms with Crippen LogP contribution in [0.15, 0.2) is 53.3 Å². The summed E-state index contributed by atoms with van der Waals surface area (Å²) in [5.41, 5.74) is 5.15. The second-order valence-electron chi connectivity index (χ2n) is 4.41. The fourth-order valence-corrected chi connectivity index (χ4v) is 2.62. The number of halogens is 3. The van der Waals surface area contributed by atoms with Crippen molar-refractivity contribution in [2.45, 2.75) is 12.8 Å². The Bertz CT molecular complexity index is 682. The van der Waals surface area contributed by atoms with E-state index < -0.39 is 0 Å². The zero-order valence-corrected chi connectivity index (χ0v) is 18.4. The molecule has 0 saturated heterocycles. The van der Waals surface area contributed by atoms with Crippen LogP contribution in [0, 0.1) is 12.1 Å². The van der Waals surface area contributed by atoms with Crippen LogP contribution in [-0.4, -0.2) is 4.98 Å². The van der Waals surface area contributed by atoms with Gasteiger partial charge in [-0.25, -0.2) is 12.2 Å². The molecule has 0 saturated carbocycles. The molecule has 0 atom stereocenters. The van der Waals surface area contributed by atoms with Crippen molar-refractivity contribution in [1.29, 1.82) is 0 Å². The number of fused-ring (bicyclic) bond motifs is 3. The molecule has 1 heterocycles. The van der Waals surface area contributed by atoms with Gasteiger partial charge in [-0.3, -0.25) is 11.1 Å². The molecule has 6 heteroatoms. The third-order valence-electron chi connectivity index (χ3n) is 3.15. The van der Waals surface area contributed by atoms with E-state index in [1.54, 1.807) is 0 Å². The van der Waals surface area contributed by atoms with Crippen LogP contribution in [0.4, 0.5) is 0 Å². The van der Waals surface area contributed by atoms with E-state index in [2.05, 4.69) is 60.1 Å². The van der Waals surface area contributed by atoms with Crippen LogP contribution in [0.25, 0.3) is 11.1 Å². The summed E-state index contributed by atoms with van der Waals surface area (Å²) in [6.45, 7) is 0. The van der Waals surface area contributed by atoms with E-state index in [9.17, 15) is 0 Å². The van der Waals surface area contributed by atoms with Crippen molar-refractivity contribution in [2.24, 2.45) is 0 Å². The number of rotatable bonds is 0. The number of hydrogen-bond donors (Lipinski definition) is 0. The number of nitrogens with zero attached hydrogens (tertiary/aromatic N) is 1. The van der Waals surface area contributed by atoms with Gasteiger partial charge in [0.05, 0.1) is 0 Å². The van der Waals surface area contributed by atoms with Gasteiger partial charge in [-0.15, -0.1) is 17.5 Å². The molecule has 2 aliphatic carbocycles. The van der Waals surface area contributed by atoms with Gasteiger partial charge < -0.3 is 24.8 Å². The molecule has 0 amide bonds. The predicted molar refractivity (Wildman–Crippen MR) is 88.2 cm³/mol. The number of aromatic nitrogens is 1. The summed E-state index contributed by atoms with van der Waals surface area (Å²) in [6, 6.07) is 9.56. The summed E-state index contributed by atoms with van der Waals surface area (Å²) in [5.74, 6) is 0. The van der Waals surface area contributed by atoms with E-state index in [-0.39, 0.29) is 24.8 Å². The van der Waals surface area contributed by atoms with Gasteiger partial charge in [0, 0.05) is 12.4 Å². The van der Waals surface area contributed by atoms with Gasteiger partial charge in [0.2, 0.25) is 0 Å². The molecule has 0 aliphatic heterocycles. The number of hydrogen-bond acceptors (Lipinski definition) is 2. The molecule has 4 rings (SSSR count). The Morgan fingerprint density at radius 3 is 2.52 bits per heavy atom. The second-order valence-corrected chi connectivity index (χ2v) is 5.27. The van der Waals surface area contributed by atoms with E-state index in [0.29, 0.717) is 0 Å². The maximum absolute atomic E-state index is 4.17. The van der Waals surface area contributed by atoms with E-state index >= 15 is 0 Å². The monoisotopic (exact) mass is 501 g/mol. The molecule has 0 N–H and O–H groups in total. The molecule has 0 unspecified atom stereocenters. The fourth-order valence-electron chi connectivity index (χ4n) is 2.25. The molecule has 0 radical (unpaired) electrons. The second kappa shape index (κ2) is 12.4. The van der Waals surface area contributed by atoms with Crippen LogP contribution in [-0.2, 0) is 29.1 Å². The van der Waals surface area contributed by atoms with Crippen LogP contribution in [0.5, 0.6) is 0 Å². The van der Waals surface area contributed by atoms with Gasteiger partial charge in [0.1, 0.15) is 0 Å². The van der Waals surface area contributed by atoms with Crippen molar-refractivity contribution in [3.05, 3.63) is 76.6 Å². The Hall–Kier alpha value is 0.0131. The molecule has 2 aliphatic rings. The fraction of sp³-hybridized carbons (Fsp3) is 0.118. The molecule has 1 aromatic heterocycles. The average Bonchev–Trinajstić information content (AvgIpc) is 3.20. The SMILES string of the molecule is Brc1[c-]c2c(cc1)-c1cnccc1C2.[C-]1=CC=CC1.[Cl-].[Cl-].[S]=[Zr+2]. The molecule has 1 nitrogen and oxygen atoms in total. The van der Waals surface area contributed by atoms with Gasteiger partial charge in [0.25, 0.3) is 0 Å². The van der Waals surface area contributed by atoms with Crippen LogP contribution in [0.2, 0.25) is 0 Å². The molecule has 0 bridgehead atoms. The average molecular weight is 504 g/mol. The minimum atomic E-state index is 0. The summed E-state index contributed by atoms with van der Waals surface area (Å²) in [4.78, 5) is 4.15. The first kappa shape index (κ1) is 23.0. The van der Waals surface area contributed by atoms with E-state index in [0.717, 1.165) is 40.0 Å². The summed E-state index contributed by atoms with van der Waals surface area (Å²) < 4.78 is 1.03. The number of allylic oxidation sites excluding steroid dienone is 4. The van der Waals surface area contributed by atoms with Crippen molar-refractivity contribution < 1.29 is 47.5 Å². The van der Waals surface area contributed by atoms with Gasteiger partial charge in [-0.05, 0) is 18.1 Å². The molecule has 1 aromatic carbocycles. The van der Waals surface area contributed by atoms with Crippen LogP contribution in [0.1, 0.15) is 17.5 Å². The van der Waals surface area contributed by atoms with Gasteiger partial charge in [-0.1, -0.05) is 26.0 Å². The van der Waals surface area contributed by atoms with Crippen LogP contribution >= 0.6 is 24.8 Å². The Morgan fingerprint density at radius 1 is 1.13 bits per heavy atom. The van der Waals surface area contributed by atoms with Crippen LogP contribution in [0.3, 0.4) is 0 Å². The topological polar surface area (TPSA) is 12.9 Å². The first-order valence-electron chi connectivity index (χ1n) is 6.41. The van der Waals surface area contributed by atoms with Crippen molar-refractivity contribution in [3.63, 3.8) is 0 Å². The van der Waals surface area contributed by atoms with Crippen molar-refractivity contribution >= 4 is 24.8 Å². The van der Waals surface area contributed by atoms with Crippen molar-refractivity contribution in [3.8, 4) is 11.1 Å². The van der Waals surface area contributed by atoms with Gasteiger partial charge in [-0.2, -0.15) is 24.3 Å². The van der Waals surface area contributed by atoms with Gasteiger partial charge in [0.15, 0.2) is 0 Å². The molecule has 23 heavy (non-hydrogen) atoms. The van der Waals surface area contributed by atoms with Crippen molar-refractivity contribution in [2.75, 3.05) is 0 Å². The molecule has 118 valence electrons. The van der Waals surface area contributed by atoms with Crippen LogP contribution < -0.4 is 24.8 Å². The third-order valence-corrected chi connectivity index (χ3v) is 3.61. The molecular weight excluding hydrogens is 492 g/mol. The quantitative estimate of drug-likeness (QED) is 0.371. The van der Waals surface area contributed by atoms with E-state index in [1.165, 1.54) is 22.3 Å². The van der Waals surface area contributed by atoms with E-state index in [1.807, 2.05) is 30.6 Å². The molecule has 0 spiro atoms. The Kier molecular flexibility index (Phi) is 12.4. The Morgan fingerprint density at radius 2 is 1.91 bits per heavy atom. The van der Waals surface area contributed by atoms with Gasteiger partial charge >= 0.3 is 31.5 Å². The predicted octanol–water partition coefficient (Wildman–Crippen LogP) is -0.825. The normalized spacial score (nSPS) is 11.6. The Balaban J connectivity index is 0.000000463. The molecule has 2 aromatic rings. The number of pyridine rings is 1. The zero-order chi connectivity index (χ0) is 15.1. The number of benzene rings is 1. The first-order valence-corrected chi connectivity index (χ1v) is 10.6. The Labute approximate surface area is 176 Å². The van der Waals surface area contributed by atoms with Crippen molar-refractivity contribution in [1.82, 2.24) is 4.98 Å². The summed E-state index contributed by atoms with van der Waals surface area (Å²) in [5, 5.41) is 0. The molecular formula is C17H12BrCl2NSZr-2. The molecule has 0 fully saturated rings. The summed E-state index contributed by atoms with van der Waals surface area (Å²) in [7, 11) is 4.17. The maximum atomic E-state index is 4.17. The summed E-state index contributed by atoms with van der Waals surface area (Å²) >= 11 is 4.57. The summed E-state index contributed by atoms with van der Waals surface area (Å²) in [6.07, 6.45) is 14.8. The third kappa shape index (κ3) is 6.44. The standard InChI is InChI=1S/C12H7BrN.C5H5.2ClH.S.Zr/c13-10-1-2-11-9(6-10)5-8-3-4-14-7-12(8)11;1-2-4-5-3-1;;;;/h1-4,7H,5H2;1-3H,4H2;2*1H;;/q2*-1;;;;+2/p-2. The first-order chi connectivity index (χ1) is 10.3. The zero-order valence-electron chi connectivity index (χ0n) is 12.0. The minimum absolute atomic E-state index is 0. The van der Waals surface area contributed by atoms with E-state index in [4.69, 9.17) is 0 Å².